The summed E-state index contributed by atoms with van der Waals surface area (Å²) >= 11 is 7.34. The van der Waals surface area contributed by atoms with Gasteiger partial charge in [0, 0.05) is 29.6 Å². The molecule has 7 nitrogen and oxygen atoms in total. The molecule has 1 saturated heterocycles. The van der Waals surface area contributed by atoms with Crippen LogP contribution in [0.5, 0.6) is 5.75 Å². The predicted molar refractivity (Wildman–Crippen MR) is 180 cm³/mol. The number of aryl methyl sites for hydroxylation is 2. The second-order valence-corrected chi connectivity index (χ2v) is 12.6. The van der Waals surface area contributed by atoms with Gasteiger partial charge in [-0.3, -0.25) is 0 Å². The van der Waals surface area contributed by atoms with E-state index in [2.05, 4.69) is 70.9 Å². The van der Waals surface area contributed by atoms with E-state index in [0.29, 0.717) is 35.1 Å². The van der Waals surface area contributed by atoms with Crippen LogP contribution in [0.2, 0.25) is 0 Å². The second-order valence-electron chi connectivity index (χ2n) is 11.2. The molecule has 3 aromatic carbocycles. The van der Waals surface area contributed by atoms with Crippen molar-refractivity contribution in [1.82, 2.24) is 20.1 Å². The lowest BCUT2D eigenvalue weighted by molar-refractivity contribution is -0.274. The summed E-state index contributed by atoms with van der Waals surface area (Å²) in [6.45, 7) is 9.49. The van der Waals surface area contributed by atoms with E-state index in [1.807, 2.05) is 24.3 Å². The summed E-state index contributed by atoms with van der Waals surface area (Å²) in [7, 11) is 0. The lowest BCUT2D eigenvalue weighted by atomic mass is 9.98. The molecule has 1 atom stereocenters. The molecule has 1 unspecified atom stereocenters. The molecule has 1 N–H and O–H groups in total. The molecule has 5 rings (SSSR count). The van der Waals surface area contributed by atoms with Gasteiger partial charge in [-0.2, -0.15) is 4.99 Å². The third-order valence-corrected chi connectivity index (χ3v) is 8.75. The summed E-state index contributed by atoms with van der Waals surface area (Å²) < 4.78 is 42.7. The molecule has 1 fully saturated rings. The molecule has 2 heterocycles. The lowest BCUT2D eigenvalue weighted by Crippen LogP contribution is -2.34. The van der Waals surface area contributed by atoms with E-state index in [1.54, 1.807) is 11.8 Å². The van der Waals surface area contributed by atoms with Crippen molar-refractivity contribution < 1.29 is 17.9 Å². The Balaban J connectivity index is 1.13. The number of halogens is 3. The number of thioether (sulfide) groups is 1. The number of nitrogens with one attached hydrogen (secondary N) is 1. The zero-order valence-corrected chi connectivity index (χ0v) is 27.1. The Kier molecular flexibility index (Phi) is 10.1. The molecule has 0 radical (unpaired) electrons. The van der Waals surface area contributed by atoms with Crippen molar-refractivity contribution in [2.45, 2.75) is 58.9 Å². The first-order valence-corrected chi connectivity index (χ1v) is 16.1. The van der Waals surface area contributed by atoms with Crippen molar-refractivity contribution in [3.63, 3.8) is 0 Å². The topological polar surface area (TPSA) is 67.6 Å². The van der Waals surface area contributed by atoms with Crippen LogP contribution in [-0.4, -0.2) is 49.7 Å². The largest absolute Gasteiger partial charge is 0.573 e. The first kappa shape index (κ1) is 32.5. The minimum Gasteiger partial charge on any atom is -0.406 e. The molecule has 4 aromatic rings. The van der Waals surface area contributed by atoms with E-state index < -0.39 is 6.36 Å². The van der Waals surface area contributed by atoms with Gasteiger partial charge >= 0.3 is 6.36 Å². The van der Waals surface area contributed by atoms with Gasteiger partial charge in [-0.25, -0.2) is 9.67 Å². The van der Waals surface area contributed by atoms with E-state index in [0.717, 1.165) is 29.3 Å². The summed E-state index contributed by atoms with van der Waals surface area (Å²) in [5, 5.41) is 9.20. The number of hydrogen-bond donors (Lipinski definition) is 1. The Labute approximate surface area is 270 Å². The Morgan fingerprint density at radius 3 is 2.53 bits per heavy atom. The van der Waals surface area contributed by atoms with E-state index >= 15 is 0 Å². The molecule has 12 heteroatoms. The maximum atomic E-state index is 12.4. The van der Waals surface area contributed by atoms with Crippen LogP contribution in [0.25, 0.3) is 17.1 Å². The fourth-order valence-corrected chi connectivity index (χ4v) is 6.42. The second kappa shape index (κ2) is 14.0. The number of ether oxygens (including phenoxy) is 1. The maximum absolute atomic E-state index is 12.4. The van der Waals surface area contributed by atoms with Crippen LogP contribution in [0.3, 0.4) is 0 Å². The quantitative estimate of drug-likeness (QED) is 0.145. The van der Waals surface area contributed by atoms with E-state index in [-0.39, 0.29) is 5.75 Å². The van der Waals surface area contributed by atoms with Gasteiger partial charge in [0.1, 0.15) is 12.1 Å². The fraction of sp³-hybridized carbons (Fsp3) is 0.333. The Morgan fingerprint density at radius 2 is 1.84 bits per heavy atom. The Hall–Kier alpha value is -3.90. The highest BCUT2D eigenvalue weighted by Gasteiger charge is 2.31. The molecule has 1 aliphatic rings. The number of rotatable bonds is 9. The number of nitrogens with zero attached hydrogens (tertiary/aromatic N) is 5. The summed E-state index contributed by atoms with van der Waals surface area (Å²) in [4.78, 5) is 11.5. The molecule has 0 saturated carbocycles. The Morgan fingerprint density at radius 1 is 1.11 bits per heavy atom. The number of amidine groups is 1. The SMILES string of the molecule is Cc1ccc(C(C)C)c(N2/C(=N/C(=S)NCCCc3ccc(-c4ncn(-c5ccc(OC(F)(F)F)cc5)n4)cc3)SCC2C)c1. The van der Waals surface area contributed by atoms with Crippen LogP contribution < -0.4 is 15.0 Å². The molecule has 1 aromatic heterocycles. The summed E-state index contributed by atoms with van der Waals surface area (Å²) in [6, 6.07) is 20.4. The van der Waals surface area contributed by atoms with Gasteiger partial charge in [0.05, 0.1) is 5.69 Å². The third kappa shape index (κ3) is 8.43. The molecular weight excluding hydrogens is 618 g/mol. The third-order valence-electron chi connectivity index (χ3n) is 7.32. The van der Waals surface area contributed by atoms with Gasteiger partial charge in [0.2, 0.25) is 0 Å². The smallest absolute Gasteiger partial charge is 0.406 e. The van der Waals surface area contributed by atoms with Crippen LogP contribution >= 0.6 is 24.0 Å². The number of aliphatic imine (C=N–C) groups is 1. The van der Waals surface area contributed by atoms with E-state index in [4.69, 9.17) is 17.2 Å². The zero-order valence-electron chi connectivity index (χ0n) is 25.5. The van der Waals surface area contributed by atoms with Crippen LogP contribution in [0.1, 0.15) is 49.8 Å². The van der Waals surface area contributed by atoms with Crippen molar-refractivity contribution in [3.8, 4) is 22.8 Å². The highest BCUT2D eigenvalue weighted by molar-refractivity contribution is 8.14. The molecule has 0 aliphatic carbocycles. The van der Waals surface area contributed by atoms with Crippen LogP contribution in [0.15, 0.2) is 78.0 Å². The van der Waals surface area contributed by atoms with Gasteiger partial charge in [0.25, 0.3) is 0 Å². The normalized spacial score (nSPS) is 16.0. The van der Waals surface area contributed by atoms with Crippen LogP contribution in [0, 0.1) is 6.92 Å². The minimum atomic E-state index is -4.73. The average Bonchev–Trinajstić information content (AvgIpc) is 3.62. The van der Waals surface area contributed by atoms with Gasteiger partial charge in [-0.1, -0.05) is 62.0 Å². The molecule has 1 aliphatic heterocycles. The fourth-order valence-electron chi connectivity index (χ4n) is 5.06. The first-order valence-electron chi connectivity index (χ1n) is 14.7. The first-order chi connectivity index (χ1) is 21.5. The van der Waals surface area contributed by atoms with E-state index in [9.17, 15) is 13.2 Å². The van der Waals surface area contributed by atoms with Crippen molar-refractivity contribution >= 4 is 39.9 Å². The number of anilines is 1. The van der Waals surface area contributed by atoms with Gasteiger partial charge in [-0.15, -0.1) is 18.3 Å². The number of aromatic nitrogens is 3. The summed E-state index contributed by atoms with van der Waals surface area (Å²) in [5.74, 6) is 1.60. The standard InChI is InChI=1S/C33H35F3N6OS2/c1-21(2)28-16-7-22(3)18-29(28)42-23(4)19-45-32(42)39-31(44)37-17-5-6-24-8-10-25(11-9-24)30-38-20-41(40-30)26-12-14-27(15-13-26)43-33(34,35)36/h7-16,18,20-21,23H,5-6,17,19H2,1-4H3,(H,37,44)/b39-32-. The Bertz CT molecular complexity index is 1650. The van der Waals surface area contributed by atoms with Gasteiger partial charge < -0.3 is 15.0 Å². The van der Waals surface area contributed by atoms with Gasteiger partial charge in [-0.05, 0) is 91.8 Å². The average molecular weight is 653 g/mol. The number of alkyl halides is 3. The van der Waals surface area contributed by atoms with Crippen molar-refractivity contribution in [2.75, 3.05) is 17.2 Å². The van der Waals surface area contributed by atoms with Crippen LogP contribution in [-0.2, 0) is 6.42 Å². The van der Waals surface area contributed by atoms with Crippen molar-refractivity contribution in [3.05, 3.63) is 89.7 Å². The molecular formula is C33H35F3N6OS2. The highest BCUT2D eigenvalue weighted by Crippen LogP contribution is 2.36. The number of hydrogen-bond acceptors (Lipinski definition) is 5. The predicted octanol–water partition coefficient (Wildman–Crippen LogP) is 8.07. The number of benzene rings is 3. The molecule has 0 amide bonds. The summed E-state index contributed by atoms with van der Waals surface area (Å²) in [6.07, 6.45) is -1.47. The summed E-state index contributed by atoms with van der Waals surface area (Å²) in [5.41, 5.74) is 6.33. The highest BCUT2D eigenvalue weighted by atomic mass is 32.2. The molecule has 0 spiro atoms. The molecule has 236 valence electrons. The van der Waals surface area contributed by atoms with Crippen molar-refractivity contribution in [1.29, 1.82) is 0 Å². The zero-order chi connectivity index (χ0) is 32.1. The number of thiocarbonyl (C=S) groups is 1. The van der Waals surface area contributed by atoms with Crippen molar-refractivity contribution in [2.24, 2.45) is 4.99 Å². The lowest BCUT2D eigenvalue weighted by Gasteiger charge is -2.27. The minimum absolute atomic E-state index is 0.292. The van der Waals surface area contributed by atoms with Crippen LogP contribution in [0.4, 0.5) is 18.9 Å². The monoisotopic (exact) mass is 652 g/mol. The molecule has 0 bridgehead atoms. The molecule has 45 heavy (non-hydrogen) atoms. The van der Waals surface area contributed by atoms with Gasteiger partial charge in [0.15, 0.2) is 16.1 Å². The maximum Gasteiger partial charge on any atom is 0.573 e. The van der Waals surface area contributed by atoms with E-state index in [1.165, 1.54) is 57.7 Å².